The molecule has 0 aliphatic carbocycles. The summed E-state index contributed by atoms with van der Waals surface area (Å²) in [4.78, 5) is 10.3. The van der Waals surface area contributed by atoms with E-state index in [0.29, 0.717) is 5.75 Å². The lowest BCUT2D eigenvalue weighted by Crippen LogP contribution is -2.15. The third kappa shape index (κ3) is 2.46. The van der Waals surface area contributed by atoms with Crippen molar-refractivity contribution in [1.29, 1.82) is 0 Å². The van der Waals surface area contributed by atoms with Gasteiger partial charge in [-0.3, -0.25) is 0 Å². The Morgan fingerprint density at radius 1 is 1.64 bits per heavy atom. The first kappa shape index (κ1) is 9.02. The van der Waals surface area contributed by atoms with E-state index in [4.69, 9.17) is 5.73 Å². The summed E-state index contributed by atoms with van der Waals surface area (Å²) in [5.41, 5.74) is 4.81. The van der Waals surface area contributed by atoms with Crippen LogP contribution in [-0.2, 0) is 0 Å². The average molecular weight is 301 g/mol. The molecule has 0 aliphatic rings. The maximum atomic E-state index is 10.3. The minimum atomic E-state index is -0.809. The molecule has 0 unspecified atom stereocenters. The highest BCUT2D eigenvalue weighted by molar-refractivity contribution is 9.12. The zero-order chi connectivity index (χ0) is 8.43. The maximum Gasteiger partial charge on any atom is 0.410 e. The van der Waals surface area contributed by atoms with Crippen LogP contribution in [0.4, 0.5) is 4.79 Å². The first-order chi connectivity index (χ1) is 5.09. The number of carbonyl (C=O) groups excluding carboxylic acids is 1. The molecule has 0 saturated carbocycles. The van der Waals surface area contributed by atoms with Crippen LogP contribution in [0.15, 0.2) is 13.6 Å². The number of ether oxygens (including phenoxy) is 1. The Morgan fingerprint density at radius 3 is 2.64 bits per heavy atom. The molecule has 1 aromatic heterocycles. The van der Waals surface area contributed by atoms with Gasteiger partial charge in [-0.1, -0.05) is 0 Å². The molecule has 0 radical (unpaired) electrons. The van der Waals surface area contributed by atoms with Gasteiger partial charge in [0.2, 0.25) is 0 Å². The Hall–Kier alpha value is -0.0700. The van der Waals surface area contributed by atoms with Gasteiger partial charge in [0.15, 0.2) is 5.75 Å². The lowest BCUT2D eigenvalue weighted by molar-refractivity contribution is 0.211. The number of thiophene rings is 1. The highest BCUT2D eigenvalue weighted by Crippen LogP contribution is 2.37. The van der Waals surface area contributed by atoms with Gasteiger partial charge in [0.1, 0.15) is 3.79 Å². The van der Waals surface area contributed by atoms with Gasteiger partial charge < -0.3 is 10.5 Å². The number of nitrogens with two attached hydrogens (primary N) is 1. The standard InChI is InChI=1S/C5H3Br2NO2S/c6-3-1-2(4(7)11-3)10-5(8)9/h1H,(H2,8,9). The molecule has 0 spiro atoms. The summed E-state index contributed by atoms with van der Waals surface area (Å²) in [5.74, 6) is 0.439. The lowest BCUT2D eigenvalue weighted by atomic mass is 10.6. The van der Waals surface area contributed by atoms with E-state index in [0.717, 1.165) is 7.57 Å². The lowest BCUT2D eigenvalue weighted by Gasteiger charge is -1.94. The fourth-order valence-electron chi connectivity index (χ4n) is 0.503. The number of hydrogen-bond donors (Lipinski definition) is 1. The molecule has 1 amide bonds. The van der Waals surface area contributed by atoms with Crippen LogP contribution in [0.25, 0.3) is 0 Å². The number of amides is 1. The third-order valence-corrected chi connectivity index (χ3v) is 3.12. The van der Waals surface area contributed by atoms with E-state index in [9.17, 15) is 4.79 Å². The smallest absolute Gasteiger partial charge is 0.408 e. The summed E-state index contributed by atoms with van der Waals surface area (Å²) in [6, 6.07) is 1.67. The predicted molar refractivity (Wildman–Crippen MR) is 49.9 cm³/mol. The molecular formula is C5H3Br2NO2S. The van der Waals surface area contributed by atoms with Crippen LogP contribution in [0.1, 0.15) is 0 Å². The average Bonchev–Trinajstić information content (AvgIpc) is 2.09. The minimum Gasteiger partial charge on any atom is -0.408 e. The van der Waals surface area contributed by atoms with Crippen LogP contribution < -0.4 is 10.5 Å². The summed E-state index contributed by atoms with van der Waals surface area (Å²) in [7, 11) is 0. The molecule has 11 heavy (non-hydrogen) atoms. The van der Waals surface area contributed by atoms with Gasteiger partial charge in [0.25, 0.3) is 0 Å². The molecule has 1 aromatic rings. The first-order valence-electron chi connectivity index (χ1n) is 2.51. The molecule has 60 valence electrons. The molecule has 0 fully saturated rings. The molecule has 0 aliphatic heterocycles. The van der Waals surface area contributed by atoms with E-state index in [1.807, 2.05) is 0 Å². The molecule has 1 heterocycles. The van der Waals surface area contributed by atoms with E-state index >= 15 is 0 Å². The van der Waals surface area contributed by atoms with E-state index < -0.39 is 6.09 Å². The van der Waals surface area contributed by atoms with E-state index in [1.165, 1.54) is 11.3 Å². The predicted octanol–water partition coefficient (Wildman–Crippen LogP) is 2.73. The number of rotatable bonds is 1. The third-order valence-electron chi connectivity index (χ3n) is 0.836. The Labute approximate surface area is 83.8 Å². The normalized spacial score (nSPS) is 9.64. The molecule has 0 atom stereocenters. The number of hydrogen-bond acceptors (Lipinski definition) is 3. The molecule has 3 nitrogen and oxygen atoms in total. The molecule has 0 bridgehead atoms. The quantitative estimate of drug-likeness (QED) is 0.867. The van der Waals surface area contributed by atoms with Gasteiger partial charge in [-0.05, 0) is 31.9 Å². The van der Waals surface area contributed by atoms with Crippen LogP contribution in [0.5, 0.6) is 5.75 Å². The summed E-state index contributed by atoms with van der Waals surface area (Å²) in [6.45, 7) is 0. The second-order valence-electron chi connectivity index (χ2n) is 1.61. The second-order valence-corrected chi connectivity index (χ2v) is 5.36. The zero-order valence-corrected chi connectivity index (χ0v) is 9.12. The van der Waals surface area contributed by atoms with E-state index in [-0.39, 0.29) is 0 Å². The van der Waals surface area contributed by atoms with E-state index in [2.05, 4.69) is 36.6 Å². The Bertz CT molecular complexity index is 286. The molecule has 0 aromatic carbocycles. The van der Waals surface area contributed by atoms with Crippen LogP contribution in [0.3, 0.4) is 0 Å². The van der Waals surface area contributed by atoms with E-state index in [1.54, 1.807) is 6.07 Å². The summed E-state index contributed by atoms with van der Waals surface area (Å²) < 4.78 is 6.25. The first-order valence-corrected chi connectivity index (χ1v) is 4.92. The molecule has 2 N–H and O–H groups in total. The van der Waals surface area contributed by atoms with Gasteiger partial charge >= 0.3 is 6.09 Å². The summed E-state index contributed by atoms with van der Waals surface area (Å²) in [5, 5.41) is 0. The van der Waals surface area contributed by atoms with Gasteiger partial charge in [-0.25, -0.2) is 4.79 Å². The van der Waals surface area contributed by atoms with Crippen molar-refractivity contribution in [2.24, 2.45) is 5.73 Å². The molecule has 0 saturated heterocycles. The van der Waals surface area contributed by atoms with Crippen molar-refractivity contribution in [3.05, 3.63) is 13.6 Å². The number of primary amides is 1. The maximum absolute atomic E-state index is 10.3. The van der Waals surface area contributed by atoms with Crippen LogP contribution >= 0.6 is 43.2 Å². The van der Waals surface area contributed by atoms with Crippen LogP contribution in [0, 0.1) is 0 Å². The van der Waals surface area contributed by atoms with Crippen molar-refractivity contribution in [2.45, 2.75) is 0 Å². The van der Waals surface area contributed by atoms with Crippen LogP contribution in [-0.4, -0.2) is 6.09 Å². The monoisotopic (exact) mass is 299 g/mol. The topological polar surface area (TPSA) is 52.3 Å². The van der Waals surface area contributed by atoms with Crippen molar-refractivity contribution >= 4 is 49.3 Å². The minimum absolute atomic E-state index is 0.439. The summed E-state index contributed by atoms with van der Waals surface area (Å²) in [6.07, 6.45) is -0.809. The Morgan fingerprint density at radius 2 is 2.27 bits per heavy atom. The van der Waals surface area contributed by atoms with Crippen molar-refractivity contribution < 1.29 is 9.53 Å². The summed E-state index contributed by atoms with van der Waals surface area (Å²) >= 11 is 7.84. The fourth-order valence-corrected chi connectivity index (χ4v) is 3.11. The number of carbonyl (C=O) groups is 1. The van der Waals surface area contributed by atoms with Gasteiger partial charge in [-0.15, -0.1) is 11.3 Å². The molecular weight excluding hydrogens is 298 g/mol. The Kier molecular flexibility index (Phi) is 2.91. The van der Waals surface area contributed by atoms with Crippen molar-refractivity contribution in [2.75, 3.05) is 0 Å². The van der Waals surface area contributed by atoms with Crippen LogP contribution in [0.2, 0.25) is 0 Å². The second kappa shape index (κ2) is 3.55. The Balaban J connectivity index is 2.85. The van der Waals surface area contributed by atoms with Gasteiger partial charge in [-0.2, -0.15) is 0 Å². The zero-order valence-electron chi connectivity index (χ0n) is 5.14. The highest BCUT2D eigenvalue weighted by Gasteiger charge is 2.07. The molecule has 6 heteroatoms. The largest absolute Gasteiger partial charge is 0.410 e. The highest BCUT2D eigenvalue weighted by atomic mass is 79.9. The SMILES string of the molecule is NC(=O)Oc1cc(Br)sc1Br. The fraction of sp³-hybridized carbons (Fsp3) is 0. The van der Waals surface area contributed by atoms with Crippen molar-refractivity contribution in [3.63, 3.8) is 0 Å². The van der Waals surface area contributed by atoms with Crippen molar-refractivity contribution in [1.82, 2.24) is 0 Å². The van der Waals surface area contributed by atoms with Crippen molar-refractivity contribution in [3.8, 4) is 5.75 Å². The van der Waals surface area contributed by atoms with Gasteiger partial charge in [0, 0.05) is 6.07 Å². The number of halogens is 2. The molecule has 1 rings (SSSR count). The van der Waals surface area contributed by atoms with Gasteiger partial charge in [0.05, 0.1) is 3.79 Å².